The molecule has 2 nitrogen and oxygen atoms in total. The molecule has 0 heterocycles. The van der Waals surface area contributed by atoms with Gasteiger partial charge in [0, 0.05) is 13.6 Å². The van der Waals surface area contributed by atoms with Crippen LogP contribution in [0.2, 0.25) is 0 Å². The van der Waals surface area contributed by atoms with E-state index in [0.717, 1.165) is 0 Å². The lowest BCUT2D eigenvalue weighted by Crippen LogP contribution is -2.25. The van der Waals surface area contributed by atoms with Gasteiger partial charge in [0.2, 0.25) is 0 Å². The van der Waals surface area contributed by atoms with Crippen LogP contribution in [0.4, 0.5) is 8.78 Å². The van der Waals surface area contributed by atoms with Crippen molar-refractivity contribution in [2.75, 3.05) is 13.6 Å². The zero-order valence-electron chi connectivity index (χ0n) is 7.61. The average Bonchev–Trinajstić information content (AvgIpc) is 2.63. The monoisotopic (exact) mass is 188 g/mol. The highest BCUT2D eigenvalue weighted by Crippen LogP contribution is 2.55. The lowest BCUT2D eigenvalue weighted by molar-refractivity contribution is 0.0902. The standard InChI is InChI=1S/C9H14F2N2/c1-4-7-8(9(7,10)11)5-13-6(2)12-3/h4,7-8,12-13H,1-2,5H2,3H3/t7-,8+/m0/s1. The molecule has 1 aliphatic carbocycles. The van der Waals surface area contributed by atoms with Crippen LogP contribution in [0, 0.1) is 11.8 Å². The van der Waals surface area contributed by atoms with Gasteiger partial charge in [-0.3, -0.25) is 0 Å². The molecule has 2 N–H and O–H groups in total. The van der Waals surface area contributed by atoms with Crippen molar-refractivity contribution in [2.45, 2.75) is 5.92 Å². The van der Waals surface area contributed by atoms with Gasteiger partial charge in [-0.1, -0.05) is 12.7 Å². The third-order valence-corrected chi connectivity index (χ3v) is 2.35. The van der Waals surface area contributed by atoms with E-state index < -0.39 is 17.8 Å². The Kier molecular flexibility index (Phi) is 2.59. The number of alkyl halides is 2. The van der Waals surface area contributed by atoms with Gasteiger partial charge in [-0.15, -0.1) is 6.58 Å². The third-order valence-electron chi connectivity index (χ3n) is 2.35. The summed E-state index contributed by atoms with van der Waals surface area (Å²) in [5, 5.41) is 5.51. The van der Waals surface area contributed by atoms with Crippen LogP contribution in [0.5, 0.6) is 0 Å². The van der Waals surface area contributed by atoms with Gasteiger partial charge in [0.05, 0.1) is 17.7 Å². The normalized spacial score (nSPS) is 29.2. The highest BCUT2D eigenvalue weighted by molar-refractivity contribution is 5.14. The first kappa shape index (κ1) is 10.0. The molecule has 0 unspecified atom stereocenters. The largest absolute Gasteiger partial charge is 0.375 e. The summed E-state index contributed by atoms with van der Waals surface area (Å²) in [5.41, 5.74) is 0. The summed E-state index contributed by atoms with van der Waals surface area (Å²) in [4.78, 5) is 0. The minimum atomic E-state index is -2.58. The molecular weight excluding hydrogens is 174 g/mol. The molecule has 0 aromatic carbocycles. The molecule has 0 aromatic heterocycles. The third kappa shape index (κ3) is 1.82. The second kappa shape index (κ2) is 3.36. The summed E-state index contributed by atoms with van der Waals surface area (Å²) in [6.07, 6.45) is 1.31. The predicted octanol–water partition coefficient (Wildman–Crippen LogP) is 1.33. The van der Waals surface area contributed by atoms with Crippen molar-refractivity contribution in [1.29, 1.82) is 0 Å². The first-order valence-electron chi connectivity index (χ1n) is 4.15. The highest BCUT2D eigenvalue weighted by Gasteiger charge is 2.66. The second-order valence-electron chi connectivity index (χ2n) is 3.15. The summed E-state index contributed by atoms with van der Waals surface area (Å²) in [7, 11) is 1.69. The molecule has 13 heavy (non-hydrogen) atoms. The maximum Gasteiger partial charge on any atom is 0.260 e. The van der Waals surface area contributed by atoms with Crippen molar-refractivity contribution in [2.24, 2.45) is 11.8 Å². The van der Waals surface area contributed by atoms with Crippen LogP contribution in [0.3, 0.4) is 0 Å². The van der Waals surface area contributed by atoms with E-state index in [-0.39, 0.29) is 6.54 Å². The van der Waals surface area contributed by atoms with Crippen molar-refractivity contribution in [1.82, 2.24) is 10.6 Å². The molecule has 1 rings (SSSR count). The molecule has 0 radical (unpaired) electrons. The van der Waals surface area contributed by atoms with Gasteiger partial charge in [-0.25, -0.2) is 8.78 Å². The molecule has 74 valence electrons. The molecule has 0 saturated heterocycles. The number of hydrogen-bond acceptors (Lipinski definition) is 2. The Morgan fingerprint density at radius 2 is 2.23 bits per heavy atom. The smallest absolute Gasteiger partial charge is 0.260 e. The van der Waals surface area contributed by atoms with E-state index in [1.54, 1.807) is 7.05 Å². The Labute approximate surface area is 76.7 Å². The van der Waals surface area contributed by atoms with Gasteiger partial charge in [0.1, 0.15) is 0 Å². The fourth-order valence-electron chi connectivity index (χ4n) is 1.32. The zero-order valence-corrected chi connectivity index (χ0v) is 7.61. The summed E-state index contributed by atoms with van der Waals surface area (Å²) < 4.78 is 25.7. The first-order valence-corrected chi connectivity index (χ1v) is 4.15. The number of allylic oxidation sites excluding steroid dienone is 1. The molecule has 4 heteroatoms. The van der Waals surface area contributed by atoms with Gasteiger partial charge in [-0.05, 0) is 0 Å². The molecule has 0 aromatic rings. The van der Waals surface area contributed by atoms with Crippen molar-refractivity contribution in [3.63, 3.8) is 0 Å². The average molecular weight is 188 g/mol. The zero-order chi connectivity index (χ0) is 10.1. The van der Waals surface area contributed by atoms with E-state index >= 15 is 0 Å². The van der Waals surface area contributed by atoms with Crippen molar-refractivity contribution in [3.05, 3.63) is 25.1 Å². The minimum Gasteiger partial charge on any atom is -0.375 e. The fourth-order valence-corrected chi connectivity index (χ4v) is 1.32. The van der Waals surface area contributed by atoms with E-state index in [2.05, 4.69) is 23.8 Å². The SMILES string of the molecule is C=C[C@H]1[C@@H](CNC(=C)NC)C1(F)F. The molecular formula is C9H14F2N2. The van der Waals surface area contributed by atoms with Gasteiger partial charge >= 0.3 is 0 Å². The van der Waals surface area contributed by atoms with Gasteiger partial charge in [-0.2, -0.15) is 0 Å². The van der Waals surface area contributed by atoms with Crippen molar-refractivity contribution >= 4 is 0 Å². The van der Waals surface area contributed by atoms with Gasteiger partial charge in [0.25, 0.3) is 5.92 Å². The predicted molar refractivity (Wildman–Crippen MR) is 48.3 cm³/mol. The molecule has 2 atom stereocenters. The van der Waals surface area contributed by atoms with Crippen LogP contribution >= 0.6 is 0 Å². The highest BCUT2D eigenvalue weighted by atomic mass is 19.3. The Bertz CT molecular complexity index is 226. The van der Waals surface area contributed by atoms with Gasteiger partial charge in [0.15, 0.2) is 0 Å². The lowest BCUT2D eigenvalue weighted by atomic mass is 10.3. The summed E-state index contributed by atoms with van der Waals surface area (Å²) in [6.45, 7) is 7.19. The number of halogens is 2. The van der Waals surface area contributed by atoms with E-state index in [0.29, 0.717) is 5.82 Å². The van der Waals surface area contributed by atoms with Crippen LogP contribution in [-0.4, -0.2) is 19.5 Å². The van der Waals surface area contributed by atoms with E-state index in [4.69, 9.17) is 0 Å². The number of nitrogens with one attached hydrogen (secondary N) is 2. The lowest BCUT2D eigenvalue weighted by Gasteiger charge is -2.07. The topological polar surface area (TPSA) is 24.1 Å². The van der Waals surface area contributed by atoms with E-state index in [1.807, 2.05) is 0 Å². The van der Waals surface area contributed by atoms with Crippen molar-refractivity contribution in [3.8, 4) is 0 Å². The maximum absolute atomic E-state index is 12.9. The molecule has 0 aliphatic heterocycles. The Balaban J connectivity index is 2.33. The minimum absolute atomic E-state index is 0.239. The van der Waals surface area contributed by atoms with Crippen LogP contribution < -0.4 is 10.6 Å². The van der Waals surface area contributed by atoms with Crippen LogP contribution in [0.1, 0.15) is 0 Å². The molecule has 1 fully saturated rings. The molecule has 0 bridgehead atoms. The maximum atomic E-state index is 12.9. The Morgan fingerprint density at radius 3 is 2.62 bits per heavy atom. The molecule has 1 aliphatic rings. The Hall–Kier alpha value is -1.06. The van der Waals surface area contributed by atoms with Crippen LogP contribution in [-0.2, 0) is 0 Å². The summed E-state index contributed by atoms with van der Waals surface area (Å²) >= 11 is 0. The quantitative estimate of drug-likeness (QED) is 0.636. The summed E-state index contributed by atoms with van der Waals surface area (Å²) in [5.74, 6) is -3.33. The van der Waals surface area contributed by atoms with Crippen LogP contribution in [0.15, 0.2) is 25.1 Å². The van der Waals surface area contributed by atoms with Gasteiger partial charge < -0.3 is 10.6 Å². The second-order valence-corrected chi connectivity index (χ2v) is 3.15. The first-order chi connectivity index (χ1) is 6.04. The Morgan fingerprint density at radius 1 is 1.62 bits per heavy atom. The summed E-state index contributed by atoms with van der Waals surface area (Å²) in [6, 6.07) is 0. The number of hydrogen-bond donors (Lipinski definition) is 2. The van der Waals surface area contributed by atoms with Crippen LogP contribution in [0.25, 0.3) is 0 Å². The molecule has 0 amide bonds. The van der Waals surface area contributed by atoms with E-state index in [9.17, 15) is 8.78 Å². The fraction of sp³-hybridized carbons (Fsp3) is 0.556. The van der Waals surface area contributed by atoms with Crippen molar-refractivity contribution < 1.29 is 8.78 Å². The van der Waals surface area contributed by atoms with E-state index in [1.165, 1.54) is 6.08 Å². The molecule has 0 spiro atoms. The number of rotatable bonds is 5. The molecule has 1 saturated carbocycles.